The number of amides is 1. The van der Waals surface area contributed by atoms with Crippen LogP contribution in [0.25, 0.3) is 21.5 Å². The Kier molecular flexibility index (Phi) is 4.73. The van der Waals surface area contributed by atoms with Gasteiger partial charge in [0, 0.05) is 5.39 Å². The molecule has 0 aliphatic heterocycles. The summed E-state index contributed by atoms with van der Waals surface area (Å²) in [5.41, 5.74) is 4.52. The van der Waals surface area contributed by atoms with Gasteiger partial charge in [0.25, 0.3) is 5.91 Å². The number of carbonyl (C=O) groups excluding carboxylic acids is 1. The smallest absolute Gasteiger partial charge is 0.252 e. The molecule has 0 aliphatic rings. The van der Waals surface area contributed by atoms with Crippen LogP contribution in [-0.2, 0) is 0 Å². The Labute approximate surface area is 162 Å². The van der Waals surface area contributed by atoms with E-state index in [4.69, 9.17) is 4.98 Å². The molecule has 2 heterocycles. The first-order valence-electron chi connectivity index (χ1n) is 8.93. The van der Waals surface area contributed by atoms with Crippen molar-refractivity contribution in [3.8, 4) is 10.6 Å². The van der Waals surface area contributed by atoms with Crippen molar-refractivity contribution in [3.05, 3.63) is 88.8 Å². The van der Waals surface area contributed by atoms with Gasteiger partial charge in [-0.3, -0.25) is 4.79 Å². The Hall–Kier alpha value is -2.98. The van der Waals surface area contributed by atoms with Crippen LogP contribution in [0.1, 0.15) is 34.5 Å². The number of hydrogen-bond donors (Lipinski definition) is 1. The second-order valence-corrected chi connectivity index (χ2v) is 7.61. The van der Waals surface area contributed by atoms with Gasteiger partial charge >= 0.3 is 0 Å². The lowest BCUT2D eigenvalue weighted by Crippen LogP contribution is -2.27. The van der Waals surface area contributed by atoms with E-state index < -0.39 is 0 Å². The van der Waals surface area contributed by atoms with Crippen LogP contribution >= 0.6 is 11.3 Å². The van der Waals surface area contributed by atoms with E-state index in [9.17, 15) is 4.79 Å². The number of benzene rings is 2. The number of pyridine rings is 1. The van der Waals surface area contributed by atoms with Gasteiger partial charge < -0.3 is 5.32 Å². The molecule has 2 aromatic heterocycles. The summed E-state index contributed by atoms with van der Waals surface area (Å²) < 4.78 is 0. The standard InChI is InChI=1S/C23H20N2OS/c1-15-10-11-20-18(13-15)19(14-21(25-20)22-9-6-12-27-22)23(26)24-16(2)17-7-4-3-5-8-17/h3-14,16H,1-2H3,(H,24,26)/t16-/m0/s1. The monoisotopic (exact) mass is 372 g/mol. The van der Waals surface area contributed by atoms with E-state index >= 15 is 0 Å². The number of aromatic nitrogens is 1. The molecule has 3 nitrogen and oxygen atoms in total. The zero-order chi connectivity index (χ0) is 18.8. The van der Waals surface area contributed by atoms with E-state index in [-0.39, 0.29) is 11.9 Å². The van der Waals surface area contributed by atoms with Crippen LogP contribution in [0.3, 0.4) is 0 Å². The number of nitrogens with zero attached hydrogens (tertiary/aromatic N) is 1. The van der Waals surface area contributed by atoms with Gasteiger partial charge in [-0.15, -0.1) is 11.3 Å². The van der Waals surface area contributed by atoms with Crippen molar-refractivity contribution in [2.75, 3.05) is 0 Å². The molecule has 0 bridgehead atoms. The Morgan fingerprint density at radius 2 is 1.85 bits per heavy atom. The Morgan fingerprint density at radius 1 is 1.04 bits per heavy atom. The molecule has 134 valence electrons. The van der Waals surface area contributed by atoms with Crippen LogP contribution in [0, 0.1) is 6.92 Å². The first kappa shape index (κ1) is 17.4. The summed E-state index contributed by atoms with van der Waals surface area (Å²) in [6, 6.07) is 21.9. The maximum absolute atomic E-state index is 13.1. The number of carbonyl (C=O) groups is 1. The van der Waals surface area contributed by atoms with Crippen molar-refractivity contribution in [1.29, 1.82) is 0 Å². The number of nitrogens with one attached hydrogen (secondary N) is 1. The second kappa shape index (κ2) is 7.33. The second-order valence-electron chi connectivity index (χ2n) is 6.66. The fourth-order valence-corrected chi connectivity index (χ4v) is 3.86. The van der Waals surface area contributed by atoms with Gasteiger partial charge in [-0.05, 0) is 49.1 Å². The lowest BCUT2D eigenvalue weighted by atomic mass is 10.0. The number of hydrogen-bond acceptors (Lipinski definition) is 3. The lowest BCUT2D eigenvalue weighted by molar-refractivity contribution is 0.0941. The number of fused-ring (bicyclic) bond motifs is 1. The van der Waals surface area contributed by atoms with Crippen LogP contribution in [0.15, 0.2) is 72.1 Å². The zero-order valence-corrected chi connectivity index (χ0v) is 16.1. The van der Waals surface area contributed by atoms with Gasteiger partial charge in [0.1, 0.15) is 0 Å². The van der Waals surface area contributed by atoms with Crippen molar-refractivity contribution >= 4 is 28.1 Å². The number of rotatable bonds is 4. The maximum atomic E-state index is 13.1. The van der Waals surface area contributed by atoms with Crippen molar-refractivity contribution in [3.63, 3.8) is 0 Å². The molecular formula is C23H20N2OS. The van der Waals surface area contributed by atoms with Gasteiger partial charge in [0.2, 0.25) is 0 Å². The molecule has 0 unspecified atom stereocenters. The van der Waals surface area contributed by atoms with E-state index in [0.29, 0.717) is 5.56 Å². The molecule has 0 spiro atoms. The summed E-state index contributed by atoms with van der Waals surface area (Å²) in [7, 11) is 0. The normalized spacial score (nSPS) is 12.1. The Morgan fingerprint density at radius 3 is 2.59 bits per heavy atom. The van der Waals surface area contributed by atoms with E-state index in [1.54, 1.807) is 11.3 Å². The summed E-state index contributed by atoms with van der Waals surface area (Å²) in [5, 5.41) is 6.04. The van der Waals surface area contributed by atoms with Gasteiger partial charge in [0.15, 0.2) is 0 Å². The molecule has 2 aromatic carbocycles. The van der Waals surface area contributed by atoms with Crippen molar-refractivity contribution in [2.45, 2.75) is 19.9 Å². The predicted molar refractivity (Wildman–Crippen MR) is 112 cm³/mol. The van der Waals surface area contributed by atoms with E-state index in [1.165, 1.54) is 0 Å². The molecule has 0 radical (unpaired) electrons. The molecule has 1 amide bonds. The largest absolute Gasteiger partial charge is 0.345 e. The van der Waals surface area contributed by atoms with Crippen molar-refractivity contribution in [1.82, 2.24) is 10.3 Å². The first-order valence-corrected chi connectivity index (χ1v) is 9.81. The van der Waals surface area contributed by atoms with Gasteiger partial charge in [-0.1, -0.05) is 48.0 Å². The van der Waals surface area contributed by atoms with Crippen LogP contribution < -0.4 is 5.32 Å². The van der Waals surface area contributed by atoms with Crippen LogP contribution in [0.4, 0.5) is 0 Å². The minimum Gasteiger partial charge on any atom is -0.345 e. The summed E-state index contributed by atoms with van der Waals surface area (Å²) in [6.45, 7) is 4.03. The predicted octanol–water partition coefficient (Wildman–Crippen LogP) is 5.76. The Balaban J connectivity index is 1.76. The van der Waals surface area contributed by atoms with Crippen LogP contribution in [0.2, 0.25) is 0 Å². The molecule has 27 heavy (non-hydrogen) atoms. The van der Waals surface area contributed by atoms with Gasteiger partial charge in [0.05, 0.1) is 27.7 Å². The van der Waals surface area contributed by atoms with E-state index in [1.807, 2.05) is 86.0 Å². The molecule has 4 rings (SSSR count). The molecule has 1 N–H and O–H groups in total. The minimum absolute atomic E-state index is 0.0723. The summed E-state index contributed by atoms with van der Waals surface area (Å²) in [6.07, 6.45) is 0. The average Bonchev–Trinajstić information content (AvgIpc) is 3.22. The van der Waals surface area contributed by atoms with Crippen LogP contribution in [-0.4, -0.2) is 10.9 Å². The minimum atomic E-state index is -0.0813. The molecule has 4 aromatic rings. The Bertz CT molecular complexity index is 1090. The first-order chi connectivity index (χ1) is 13.1. The van der Waals surface area contributed by atoms with E-state index in [2.05, 4.69) is 5.32 Å². The molecule has 0 fully saturated rings. The number of thiophene rings is 1. The highest BCUT2D eigenvalue weighted by atomic mass is 32.1. The molecule has 4 heteroatoms. The molecule has 0 saturated heterocycles. The quantitative estimate of drug-likeness (QED) is 0.495. The zero-order valence-electron chi connectivity index (χ0n) is 15.3. The number of aryl methyl sites for hydroxylation is 1. The highest BCUT2D eigenvalue weighted by Gasteiger charge is 2.17. The lowest BCUT2D eigenvalue weighted by Gasteiger charge is -2.16. The third-order valence-corrected chi connectivity index (χ3v) is 5.52. The fraction of sp³-hybridized carbons (Fsp3) is 0.130. The van der Waals surface area contributed by atoms with Gasteiger partial charge in [-0.2, -0.15) is 0 Å². The average molecular weight is 372 g/mol. The summed E-state index contributed by atoms with van der Waals surface area (Å²) in [4.78, 5) is 19.0. The topological polar surface area (TPSA) is 42.0 Å². The molecule has 1 atom stereocenters. The SMILES string of the molecule is Cc1ccc2nc(-c3cccs3)cc(C(=O)N[C@@H](C)c3ccccc3)c2c1. The van der Waals surface area contributed by atoms with Gasteiger partial charge in [-0.25, -0.2) is 4.98 Å². The summed E-state index contributed by atoms with van der Waals surface area (Å²) >= 11 is 1.62. The highest BCUT2D eigenvalue weighted by Crippen LogP contribution is 2.29. The maximum Gasteiger partial charge on any atom is 0.252 e. The molecular weight excluding hydrogens is 352 g/mol. The fourth-order valence-electron chi connectivity index (χ4n) is 3.18. The highest BCUT2D eigenvalue weighted by molar-refractivity contribution is 7.13. The molecule has 0 aliphatic carbocycles. The van der Waals surface area contributed by atoms with Crippen molar-refractivity contribution in [2.24, 2.45) is 0 Å². The van der Waals surface area contributed by atoms with E-state index in [0.717, 1.165) is 32.6 Å². The molecule has 0 saturated carbocycles. The third-order valence-electron chi connectivity index (χ3n) is 4.63. The van der Waals surface area contributed by atoms with Crippen molar-refractivity contribution < 1.29 is 4.79 Å². The van der Waals surface area contributed by atoms with Crippen LogP contribution in [0.5, 0.6) is 0 Å². The summed E-state index contributed by atoms with van der Waals surface area (Å²) in [5.74, 6) is -0.0813. The third kappa shape index (κ3) is 3.62.